The Morgan fingerprint density at radius 2 is 0.694 bits per heavy atom. The average molecular weight is 796 g/mol. The van der Waals surface area contributed by atoms with Gasteiger partial charge in [0.2, 0.25) is 0 Å². The highest BCUT2D eigenvalue weighted by Gasteiger charge is 2.35. The lowest BCUT2D eigenvalue weighted by molar-refractivity contribution is 0.346. The van der Waals surface area contributed by atoms with Crippen LogP contribution in [0.1, 0.15) is 43.2 Å². The number of benzene rings is 8. The number of hydrogen-bond acceptors (Lipinski definition) is 3. The molecule has 0 aliphatic heterocycles. The van der Waals surface area contributed by atoms with Crippen molar-refractivity contribution in [3.63, 3.8) is 0 Å². The summed E-state index contributed by atoms with van der Waals surface area (Å²) < 4.78 is 0. The Morgan fingerprint density at radius 3 is 1.26 bits per heavy atom. The minimum atomic E-state index is -0.0755. The second-order valence-corrected chi connectivity index (χ2v) is 16.7. The molecule has 3 heteroatoms. The molecule has 0 amide bonds. The number of nitrogens with zero attached hydrogens (tertiary/aromatic N) is 3. The van der Waals surface area contributed by atoms with Gasteiger partial charge in [-0.2, -0.15) is 0 Å². The molecule has 1 fully saturated rings. The summed E-state index contributed by atoms with van der Waals surface area (Å²) >= 11 is 0. The Balaban J connectivity index is 0.949. The van der Waals surface area contributed by atoms with Gasteiger partial charge in [-0.15, -0.1) is 0 Å². The molecule has 1 saturated carbocycles. The molecule has 0 bridgehead atoms. The van der Waals surface area contributed by atoms with Gasteiger partial charge in [-0.1, -0.05) is 201 Å². The van der Waals surface area contributed by atoms with Gasteiger partial charge in [0.25, 0.3) is 0 Å². The first-order valence-corrected chi connectivity index (χ1v) is 21.9. The van der Waals surface area contributed by atoms with Crippen molar-refractivity contribution in [1.29, 1.82) is 0 Å². The van der Waals surface area contributed by atoms with E-state index in [1.807, 2.05) is 6.07 Å². The second-order valence-electron chi connectivity index (χ2n) is 16.7. The summed E-state index contributed by atoms with van der Waals surface area (Å²) in [6, 6.07) is 76.4. The minimum absolute atomic E-state index is 0.0755. The fourth-order valence-corrected chi connectivity index (χ4v) is 9.60. The van der Waals surface area contributed by atoms with E-state index in [0.717, 1.165) is 74.8 Å². The van der Waals surface area contributed by atoms with Crippen molar-refractivity contribution in [2.75, 3.05) is 0 Å². The summed E-state index contributed by atoms with van der Waals surface area (Å²) in [7, 11) is 0. The third kappa shape index (κ3) is 7.26. The van der Waals surface area contributed by atoms with E-state index in [-0.39, 0.29) is 5.41 Å². The smallest absolute Gasteiger partial charge is 0.160 e. The van der Waals surface area contributed by atoms with Crippen molar-refractivity contribution in [2.45, 2.75) is 37.5 Å². The monoisotopic (exact) mass is 795 g/mol. The molecule has 0 radical (unpaired) electrons. The molecule has 3 nitrogen and oxygen atoms in total. The number of aromatic nitrogens is 3. The van der Waals surface area contributed by atoms with Crippen LogP contribution in [0.4, 0.5) is 0 Å². The first-order chi connectivity index (χ1) is 30.6. The van der Waals surface area contributed by atoms with E-state index in [9.17, 15) is 0 Å². The number of fused-ring (bicyclic) bond motifs is 2. The average Bonchev–Trinajstić information content (AvgIpc) is 3.36. The molecule has 0 spiro atoms. The van der Waals surface area contributed by atoms with Crippen LogP contribution in [-0.2, 0) is 5.41 Å². The third-order valence-corrected chi connectivity index (χ3v) is 13.0. The first kappa shape index (κ1) is 37.5. The zero-order valence-corrected chi connectivity index (χ0v) is 34.6. The van der Waals surface area contributed by atoms with E-state index in [0.29, 0.717) is 0 Å². The van der Waals surface area contributed by atoms with Crippen LogP contribution in [0, 0.1) is 0 Å². The standard InChI is InChI=1S/C59H45N3/c1-4-16-43(17-5-1)54-38-51(49-24-22-41-14-8-10-20-47(41)36-49)39-55(60-54)45-26-30-52(31-27-45)59(34-12-3-13-35-59)53-32-28-46(29-33-53)58-61-56(44-18-6-2-7-19-44)40-57(62-58)50-25-23-42-15-9-11-21-48(42)37-50/h1-2,4-11,14-33,36-40H,3,12-13,34-35H2. The lowest BCUT2D eigenvalue weighted by Crippen LogP contribution is -2.30. The predicted molar refractivity (Wildman–Crippen MR) is 258 cm³/mol. The molecule has 11 rings (SSSR count). The van der Waals surface area contributed by atoms with Crippen molar-refractivity contribution in [1.82, 2.24) is 15.0 Å². The van der Waals surface area contributed by atoms with Crippen LogP contribution < -0.4 is 0 Å². The molecule has 0 unspecified atom stereocenters. The van der Waals surface area contributed by atoms with Gasteiger partial charge in [-0.05, 0) is 87.0 Å². The Kier molecular flexibility index (Phi) is 9.78. The lowest BCUT2D eigenvalue weighted by Gasteiger charge is -2.39. The largest absolute Gasteiger partial charge is 0.248 e. The number of pyridine rings is 1. The zero-order chi connectivity index (χ0) is 41.3. The maximum atomic E-state index is 5.27. The topological polar surface area (TPSA) is 38.7 Å². The van der Waals surface area contributed by atoms with Crippen LogP contribution in [-0.4, -0.2) is 15.0 Å². The summed E-state index contributed by atoms with van der Waals surface area (Å²) in [5.41, 5.74) is 14.2. The maximum Gasteiger partial charge on any atom is 0.160 e. The quantitative estimate of drug-likeness (QED) is 0.154. The van der Waals surface area contributed by atoms with E-state index >= 15 is 0 Å². The fraction of sp³-hybridized carbons (Fsp3) is 0.102. The van der Waals surface area contributed by atoms with Gasteiger partial charge in [-0.25, -0.2) is 15.0 Å². The highest BCUT2D eigenvalue weighted by Crippen LogP contribution is 2.46. The van der Waals surface area contributed by atoms with Crippen LogP contribution in [0.15, 0.2) is 212 Å². The molecule has 0 atom stereocenters. The van der Waals surface area contributed by atoms with Crippen LogP contribution in [0.25, 0.3) is 89.1 Å². The Labute approximate surface area is 363 Å². The van der Waals surface area contributed by atoms with E-state index in [1.54, 1.807) is 0 Å². The maximum absolute atomic E-state index is 5.27. The minimum Gasteiger partial charge on any atom is -0.248 e. The molecule has 62 heavy (non-hydrogen) atoms. The SMILES string of the molecule is c1ccc(-c2cc(-c3ccc4ccccc4c3)cc(-c3ccc(C4(c5ccc(-c6nc(-c7ccccc7)cc(-c7ccc8ccccc8c7)n6)cc5)CCCCC4)cc3)n2)cc1. The predicted octanol–water partition coefficient (Wildman–Crippen LogP) is 15.4. The van der Waals surface area contributed by atoms with Crippen LogP contribution >= 0.6 is 0 Å². The highest BCUT2D eigenvalue weighted by molar-refractivity contribution is 5.89. The van der Waals surface area contributed by atoms with E-state index in [2.05, 4.69) is 206 Å². The van der Waals surface area contributed by atoms with Gasteiger partial charge in [0, 0.05) is 33.2 Å². The van der Waals surface area contributed by atoms with Crippen molar-refractivity contribution < 1.29 is 0 Å². The summed E-state index contributed by atoms with van der Waals surface area (Å²) in [5, 5.41) is 4.89. The van der Waals surface area contributed by atoms with Crippen LogP contribution in [0.2, 0.25) is 0 Å². The van der Waals surface area contributed by atoms with Crippen molar-refractivity contribution in [2.24, 2.45) is 0 Å². The molecular formula is C59H45N3. The van der Waals surface area contributed by atoms with E-state index in [1.165, 1.54) is 57.5 Å². The molecular weight excluding hydrogens is 751 g/mol. The van der Waals surface area contributed by atoms with Crippen LogP contribution in [0.5, 0.6) is 0 Å². The molecule has 10 aromatic rings. The Hall–Kier alpha value is -7.49. The van der Waals surface area contributed by atoms with Crippen molar-refractivity contribution in [3.05, 3.63) is 223 Å². The van der Waals surface area contributed by atoms with E-state index < -0.39 is 0 Å². The Morgan fingerprint density at radius 1 is 0.274 bits per heavy atom. The number of rotatable bonds is 8. The van der Waals surface area contributed by atoms with Gasteiger partial charge in [0.1, 0.15) is 0 Å². The summed E-state index contributed by atoms with van der Waals surface area (Å²) in [5.74, 6) is 0.733. The van der Waals surface area contributed by atoms with Gasteiger partial charge in [-0.3, -0.25) is 0 Å². The molecule has 8 aromatic carbocycles. The van der Waals surface area contributed by atoms with Crippen molar-refractivity contribution >= 4 is 21.5 Å². The molecule has 1 aliphatic rings. The highest BCUT2D eigenvalue weighted by atomic mass is 14.9. The molecule has 0 N–H and O–H groups in total. The van der Waals surface area contributed by atoms with Gasteiger partial charge in [0.05, 0.1) is 22.8 Å². The molecule has 0 saturated heterocycles. The molecule has 296 valence electrons. The Bertz CT molecular complexity index is 2970. The third-order valence-electron chi connectivity index (χ3n) is 13.0. The summed E-state index contributed by atoms with van der Waals surface area (Å²) in [4.78, 5) is 15.6. The zero-order valence-electron chi connectivity index (χ0n) is 34.6. The van der Waals surface area contributed by atoms with Crippen LogP contribution in [0.3, 0.4) is 0 Å². The normalized spacial score (nSPS) is 13.6. The summed E-state index contributed by atoms with van der Waals surface area (Å²) in [6.07, 6.45) is 5.91. The first-order valence-electron chi connectivity index (χ1n) is 21.9. The van der Waals surface area contributed by atoms with Gasteiger partial charge in [0.15, 0.2) is 5.82 Å². The van der Waals surface area contributed by atoms with E-state index in [4.69, 9.17) is 15.0 Å². The second kappa shape index (κ2) is 16.2. The van der Waals surface area contributed by atoms with Crippen molar-refractivity contribution in [3.8, 4) is 67.5 Å². The molecule has 2 heterocycles. The lowest BCUT2D eigenvalue weighted by atomic mass is 9.65. The fourth-order valence-electron chi connectivity index (χ4n) is 9.60. The van der Waals surface area contributed by atoms with Gasteiger partial charge >= 0.3 is 0 Å². The molecule has 1 aliphatic carbocycles. The van der Waals surface area contributed by atoms with Gasteiger partial charge < -0.3 is 0 Å². The molecule has 2 aromatic heterocycles. The summed E-state index contributed by atoms with van der Waals surface area (Å²) in [6.45, 7) is 0. The number of hydrogen-bond donors (Lipinski definition) is 0.